The number of hydrogen-bond acceptors (Lipinski definition) is 3. The van der Waals surface area contributed by atoms with Crippen molar-refractivity contribution in [2.24, 2.45) is 0 Å². The first-order chi connectivity index (χ1) is 10.5. The van der Waals surface area contributed by atoms with Crippen LogP contribution in [-0.2, 0) is 11.2 Å². The third-order valence-corrected chi connectivity index (χ3v) is 3.73. The molecule has 0 unspecified atom stereocenters. The summed E-state index contributed by atoms with van der Waals surface area (Å²) in [7, 11) is 0. The molecule has 112 valence electrons. The molecule has 0 aliphatic heterocycles. The summed E-state index contributed by atoms with van der Waals surface area (Å²) in [6.45, 7) is 1.95. The minimum atomic E-state index is -0.497. The van der Waals surface area contributed by atoms with E-state index in [4.69, 9.17) is 4.52 Å². The van der Waals surface area contributed by atoms with E-state index in [1.54, 1.807) is 6.07 Å². The normalized spacial score (nSPS) is 10.9. The Morgan fingerprint density at radius 3 is 2.91 bits per heavy atom. The van der Waals surface area contributed by atoms with Crippen LogP contribution in [0.25, 0.3) is 11.0 Å². The molecule has 6 heteroatoms. The molecule has 0 radical (unpaired) electrons. The van der Waals surface area contributed by atoms with E-state index in [2.05, 4.69) is 26.4 Å². The number of anilines is 1. The maximum absolute atomic E-state index is 13.7. The molecular weight excluding hydrogens is 351 g/mol. The standard InChI is InChI=1S/C16H12BrFN2O2/c1-9-2-5-15-11(6-9)14(20-22-15)8-16(21)19-13-4-3-10(17)7-12(13)18/h2-7H,8H2,1H3,(H,19,21). The number of aromatic nitrogens is 1. The van der Waals surface area contributed by atoms with Crippen molar-refractivity contribution in [2.75, 3.05) is 5.32 Å². The lowest BCUT2D eigenvalue weighted by Gasteiger charge is -2.05. The first-order valence-corrected chi connectivity index (χ1v) is 7.42. The van der Waals surface area contributed by atoms with E-state index < -0.39 is 5.82 Å². The highest BCUT2D eigenvalue weighted by Gasteiger charge is 2.14. The van der Waals surface area contributed by atoms with Gasteiger partial charge in [0.1, 0.15) is 11.5 Å². The summed E-state index contributed by atoms with van der Waals surface area (Å²) in [6.07, 6.45) is 0.0198. The molecule has 0 aliphatic rings. The molecule has 1 N–H and O–H groups in total. The molecule has 0 bridgehead atoms. The van der Waals surface area contributed by atoms with Crippen molar-refractivity contribution in [2.45, 2.75) is 13.3 Å². The largest absolute Gasteiger partial charge is 0.356 e. The van der Waals surface area contributed by atoms with Gasteiger partial charge in [-0.2, -0.15) is 0 Å². The second kappa shape index (κ2) is 5.88. The Bertz CT molecular complexity index is 860. The predicted octanol–water partition coefficient (Wildman–Crippen LogP) is 4.22. The van der Waals surface area contributed by atoms with Crippen LogP contribution in [-0.4, -0.2) is 11.1 Å². The zero-order valence-corrected chi connectivity index (χ0v) is 13.3. The Hall–Kier alpha value is -2.21. The molecule has 1 amide bonds. The number of carbonyl (C=O) groups is 1. The topological polar surface area (TPSA) is 55.1 Å². The minimum absolute atomic E-state index is 0.0198. The number of carbonyl (C=O) groups excluding carboxylic acids is 1. The zero-order chi connectivity index (χ0) is 15.7. The third-order valence-electron chi connectivity index (χ3n) is 3.23. The lowest BCUT2D eigenvalue weighted by molar-refractivity contribution is -0.115. The highest BCUT2D eigenvalue weighted by atomic mass is 79.9. The summed E-state index contributed by atoms with van der Waals surface area (Å²) in [5.41, 5.74) is 2.35. The average molecular weight is 363 g/mol. The lowest BCUT2D eigenvalue weighted by Crippen LogP contribution is -2.15. The lowest BCUT2D eigenvalue weighted by atomic mass is 10.1. The highest BCUT2D eigenvalue weighted by molar-refractivity contribution is 9.10. The molecule has 0 aliphatic carbocycles. The van der Waals surface area contributed by atoms with Crippen molar-refractivity contribution in [3.63, 3.8) is 0 Å². The van der Waals surface area contributed by atoms with Crippen molar-refractivity contribution < 1.29 is 13.7 Å². The van der Waals surface area contributed by atoms with Gasteiger partial charge in [0.15, 0.2) is 5.58 Å². The zero-order valence-electron chi connectivity index (χ0n) is 11.7. The summed E-state index contributed by atoms with van der Waals surface area (Å²) in [5, 5.41) is 7.25. The van der Waals surface area contributed by atoms with Gasteiger partial charge in [0.05, 0.1) is 12.1 Å². The maximum Gasteiger partial charge on any atom is 0.230 e. The fourth-order valence-electron chi connectivity index (χ4n) is 2.17. The van der Waals surface area contributed by atoms with E-state index in [0.29, 0.717) is 15.7 Å². The van der Waals surface area contributed by atoms with E-state index in [-0.39, 0.29) is 18.0 Å². The number of rotatable bonds is 3. The molecule has 0 fully saturated rings. The summed E-state index contributed by atoms with van der Waals surface area (Å²) in [5.74, 6) is -0.846. The van der Waals surface area contributed by atoms with E-state index in [1.807, 2.05) is 25.1 Å². The van der Waals surface area contributed by atoms with Crippen LogP contribution in [0.2, 0.25) is 0 Å². The van der Waals surface area contributed by atoms with Crippen LogP contribution in [0, 0.1) is 12.7 Å². The van der Waals surface area contributed by atoms with Crippen molar-refractivity contribution in [1.82, 2.24) is 5.16 Å². The van der Waals surface area contributed by atoms with E-state index in [1.165, 1.54) is 12.1 Å². The van der Waals surface area contributed by atoms with Gasteiger partial charge in [0.25, 0.3) is 0 Å². The van der Waals surface area contributed by atoms with Gasteiger partial charge in [-0.1, -0.05) is 32.7 Å². The number of aryl methyl sites for hydroxylation is 1. The molecule has 0 atom stereocenters. The first kappa shape index (κ1) is 14.7. The molecule has 2 aromatic carbocycles. The van der Waals surface area contributed by atoms with Gasteiger partial charge in [-0.25, -0.2) is 4.39 Å². The summed E-state index contributed by atoms with van der Waals surface area (Å²) in [6, 6.07) is 10.1. The molecule has 3 rings (SSSR count). The van der Waals surface area contributed by atoms with Crippen LogP contribution in [0.5, 0.6) is 0 Å². The summed E-state index contributed by atoms with van der Waals surface area (Å²) < 4.78 is 19.5. The number of hydrogen-bond donors (Lipinski definition) is 1. The molecule has 1 aromatic heterocycles. The SMILES string of the molecule is Cc1ccc2onc(CC(=O)Nc3ccc(Br)cc3F)c2c1. The third kappa shape index (κ3) is 3.01. The minimum Gasteiger partial charge on any atom is -0.356 e. The number of nitrogens with one attached hydrogen (secondary N) is 1. The maximum atomic E-state index is 13.7. The molecule has 3 aromatic rings. The average Bonchev–Trinajstić information content (AvgIpc) is 2.84. The quantitative estimate of drug-likeness (QED) is 0.758. The molecule has 22 heavy (non-hydrogen) atoms. The summed E-state index contributed by atoms with van der Waals surface area (Å²) >= 11 is 3.17. The van der Waals surface area contributed by atoms with Crippen LogP contribution < -0.4 is 5.32 Å². The monoisotopic (exact) mass is 362 g/mol. The van der Waals surface area contributed by atoms with E-state index >= 15 is 0 Å². The van der Waals surface area contributed by atoms with Crippen molar-refractivity contribution >= 4 is 38.5 Å². The van der Waals surface area contributed by atoms with Gasteiger partial charge in [-0.05, 0) is 37.3 Å². The van der Waals surface area contributed by atoms with Crippen LogP contribution >= 0.6 is 15.9 Å². The molecule has 0 saturated carbocycles. The van der Waals surface area contributed by atoms with Crippen LogP contribution in [0.3, 0.4) is 0 Å². The number of benzene rings is 2. The second-order valence-corrected chi connectivity index (χ2v) is 5.89. The number of fused-ring (bicyclic) bond motifs is 1. The van der Waals surface area contributed by atoms with Crippen LogP contribution in [0.1, 0.15) is 11.3 Å². The van der Waals surface area contributed by atoms with Gasteiger partial charge in [-0.3, -0.25) is 4.79 Å². The Labute approximate surface area is 134 Å². The number of halogens is 2. The highest BCUT2D eigenvalue weighted by Crippen LogP contribution is 2.22. The van der Waals surface area contributed by atoms with Gasteiger partial charge in [0.2, 0.25) is 5.91 Å². The van der Waals surface area contributed by atoms with E-state index in [0.717, 1.165) is 10.9 Å². The fraction of sp³-hybridized carbons (Fsp3) is 0.125. The number of amides is 1. The van der Waals surface area contributed by atoms with Gasteiger partial charge in [0, 0.05) is 9.86 Å². The molecule has 0 saturated heterocycles. The van der Waals surface area contributed by atoms with Gasteiger partial charge >= 0.3 is 0 Å². The smallest absolute Gasteiger partial charge is 0.230 e. The Balaban J connectivity index is 1.79. The van der Waals surface area contributed by atoms with Crippen LogP contribution in [0.4, 0.5) is 10.1 Å². The Morgan fingerprint density at radius 2 is 2.14 bits per heavy atom. The van der Waals surface area contributed by atoms with E-state index in [9.17, 15) is 9.18 Å². The van der Waals surface area contributed by atoms with Crippen molar-refractivity contribution in [1.29, 1.82) is 0 Å². The fourth-order valence-corrected chi connectivity index (χ4v) is 2.50. The number of nitrogens with zero attached hydrogens (tertiary/aromatic N) is 1. The predicted molar refractivity (Wildman–Crippen MR) is 85.2 cm³/mol. The molecule has 1 heterocycles. The van der Waals surface area contributed by atoms with Crippen molar-refractivity contribution in [3.8, 4) is 0 Å². The molecule has 4 nitrogen and oxygen atoms in total. The van der Waals surface area contributed by atoms with Gasteiger partial charge < -0.3 is 9.84 Å². The second-order valence-electron chi connectivity index (χ2n) is 4.98. The first-order valence-electron chi connectivity index (χ1n) is 6.63. The Morgan fingerprint density at radius 1 is 1.32 bits per heavy atom. The molecular formula is C16H12BrFN2O2. The van der Waals surface area contributed by atoms with Gasteiger partial charge in [-0.15, -0.1) is 0 Å². The van der Waals surface area contributed by atoms with Crippen LogP contribution in [0.15, 0.2) is 45.4 Å². The molecule has 0 spiro atoms. The summed E-state index contributed by atoms with van der Waals surface area (Å²) in [4.78, 5) is 12.1. The van der Waals surface area contributed by atoms with Crippen molar-refractivity contribution in [3.05, 3.63) is 57.9 Å². The Kier molecular flexibility index (Phi) is 3.94.